The molecule has 2 aliphatic rings. The molecular weight excluding hydrogens is 346 g/mol. The molecule has 3 rings (SSSR count). The van der Waals surface area contributed by atoms with E-state index in [4.69, 9.17) is 14.3 Å². The van der Waals surface area contributed by atoms with Crippen LogP contribution in [0.3, 0.4) is 0 Å². The molecule has 0 atom stereocenters. The standard InChI is InChI=1S/C15H19N5O6/c1-24-14-16-13(17-15(18-14)25-2)19-7-5-9(6-8-19)12(23)26-20-10(21)3-4-11(20)22/h9H,3-8H2,1-2H3. The van der Waals surface area contributed by atoms with E-state index in [1.807, 2.05) is 4.90 Å². The van der Waals surface area contributed by atoms with E-state index >= 15 is 0 Å². The highest BCUT2D eigenvalue weighted by Crippen LogP contribution is 2.25. The van der Waals surface area contributed by atoms with Crippen LogP contribution in [-0.4, -0.2) is 65.1 Å². The summed E-state index contributed by atoms with van der Waals surface area (Å²) in [6, 6.07) is 0.277. The summed E-state index contributed by atoms with van der Waals surface area (Å²) in [4.78, 5) is 54.5. The van der Waals surface area contributed by atoms with E-state index in [1.165, 1.54) is 14.2 Å². The summed E-state index contributed by atoms with van der Waals surface area (Å²) in [6.45, 7) is 0.996. The fourth-order valence-electron chi connectivity index (χ4n) is 2.79. The quantitative estimate of drug-likeness (QED) is 0.643. The van der Waals surface area contributed by atoms with Crippen LogP contribution in [0.5, 0.6) is 12.0 Å². The molecule has 2 amide bonds. The highest BCUT2D eigenvalue weighted by atomic mass is 16.7. The van der Waals surface area contributed by atoms with Crippen LogP contribution >= 0.6 is 0 Å². The highest BCUT2D eigenvalue weighted by molar-refractivity contribution is 6.01. The first-order valence-electron chi connectivity index (χ1n) is 8.18. The topological polar surface area (TPSA) is 124 Å². The Kier molecular flexibility index (Phi) is 5.14. The van der Waals surface area contributed by atoms with Gasteiger partial charge in [-0.2, -0.15) is 9.97 Å². The maximum absolute atomic E-state index is 12.2. The van der Waals surface area contributed by atoms with Crippen LogP contribution < -0.4 is 14.4 Å². The van der Waals surface area contributed by atoms with Gasteiger partial charge in [0.05, 0.1) is 20.1 Å². The Hall–Kier alpha value is -2.98. The van der Waals surface area contributed by atoms with Crippen LogP contribution in [0.1, 0.15) is 25.7 Å². The number of rotatable bonds is 5. The number of anilines is 1. The molecule has 0 unspecified atom stereocenters. The fraction of sp³-hybridized carbons (Fsp3) is 0.600. The summed E-state index contributed by atoms with van der Waals surface area (Å²) < 4.78 is 10.1. The Balaban J connectivity index is 1.59. The van der Waals surface area contributed by atoms with Crippen molar-refractivity contribution in [2.24, 2.45) is 5.92 Å². The van der Waals surface area contributed by atoms with E-state index in [9.17, 15) is 14.4 Å². The summed E-state index contributed by atoms with van der Waals surface area (Å²) in [5.41, 5.74) is 0. The van der Waals surface area contributed by atoms with E-state index in [0.717, 1.165) is 0 Å². The number of methoxy groups -OCH3 is 2. The van der Waals surface area contributed by atoms with Crippen LogP contribution in [0.2, 0.25) is 0 Å². The number of hydroxylamine groups is 2. The minimum atomic E-state index is -0.570. The third-order valence-electron chi connectivity index (χ3n) is 4.25. The molecule has 0 spiro atoms. The molecule has 0 aromatic carbocycles. The van der Waals surface area contributed by atoms with Gasteiger partial charge in [-0.3, -0.25) is 9.59 Å². The van der Waals surface area contributed by atoms with Crippen molar-refractivity contribution in [1.82, 2.24) is 20.0 Å². The normalized spacial score (nSPS) is 18.2. The summed E-state index contributed by atoms with van der Waals surface area (Å²) in [5.74, 6) is -1.54. The van der Waals surface area contributed by atoms with E-state index in [1.54, 1.807) is 0 Å². The Labute approximate surface area is 149 Å². The molecule has 0 saturated carbocycles. The number of ether oxygens (including phenoxy) is 2. The van der Waals surface area contributed by atoms with Crippen molar-refractivity contribution in [3.8, 4) is 12.0 Å². The largest absolute Gasteiger partial charge is 0.467 e. The van der Waals surface area contributed by atoms with Gasteiger partial charge in [0.15, 0.2) is 0 Å². The SMILES string of the molecule is COc1nc(OC)nc(N2CCC(C(=O)ON3C(=O)CCC3=O)CC2)n1. The molecule has 1 aromatic rings. The number of hydrogen-bond acceptors (Lipinski definition) is 10. The first-order valence-corrected chi connectivity index (χ1v) is 8.18. The third kappa shape index (κ3) is 3.65. The average Bonchev–Trinajstić information content (AvgIpc) is 2.99. The number of imide groups is 1. The molecule has 0 aliphatic carbocycles. The summed E-state index contributed by atoms with van der Waals surface area (Å²) >= 11 is 0. The lowest BCUT2D eigenvalue weighted by Crippen LogP contribution is -2.41. The Morgan fingerprint density at radius 1 is 0.962 bits per heavy atom. The lowest BCUT2D eigenvalue weighted by molar-refractivity contribution is -0.201. The van der Waals surface area contributed by atoms with Crippen molar-refractivity contribution in [3.63, 3.8) is 0 Å². The number of amides is 2. The number of aromatic nitrogens is 3. The van der Waals surface area contributed by atoms with Crippen LogP contribution in [0, 0.1) is 5.92 Å². The van der Waals surface area contributed by atoms with Gasteiger partial charge in [-0.25, -0.2) is 4.79 Å². The summed E-state index contributed by atoms with van der Waals surface area (Å²) in [7, 11) is 2.89. The van der Waals surface area contributed by atoms with Gasteiger partial charge in [0, 0.05) is 25.9 Å². The van der Waals surface area contributed by atoms with Gasteiger partial charge in [-0.15, -0.1) is 10.0 Å². The smallest absolute Gasteiger partial charge is 0.336 e. The molecule has 2 fully saturated rings. The average molecular weight is 365 g/mol. The zero-order valence-corrected chi connectivity index (χ0v) is 14.5. The van der Waals surface area contributed by atoms with Gasteiger partial charge in [-0.1, -0.05) is 0 Å². The molecule has 1 aromatic heterocycles. The molecule has 26 heavy (non-hydrogen) atoms. The van der Waals surface area contributed by atoms with Crippen molar-refractivity contribution in [3.05, 3.63) is 0 Å². The molecule has 11 heteroatoms. The molecule has 0 N–H and O–H groups in total. The zero-order chi connectivity index (χ0) is 18.7. The Bertz CT molecular complexity index is 680. The molecule has 0 radical (unpaired) electrons. The van der Waals surface area contributed by atoms with E-state index in [0.29, 0.717) is 36.9 Å². The molecule has 11 nitrogen and oxygen atoms in total. The minimum absolute atomic E-state index is 0.0770. The number of hydrogen-bond donors (Lipinski definition) is 0. The fourth-order valence-corrected chi connectivity index (χ4v) is 2.79. The molecule has 2 saturated heterocycles. The van der Waals surface area contributed by atoms with Crippen LogP contribution in [0.15, 0.2) is 0 Å². The Morgan fingerprint density at radius 3 is 2.00 bits per heavy atom. The van der Waals surface area contributed by atoms with Crippen molar-refractivity contribution in [2.45, 2.75) is 25.7 Å². The first kappa shape index (κ1) is 17.8. The molecule has 2 aliphatic heterocycles. The predicted molar refractivity (Wildman–Crippen MR) is 85.0 cm³/mol. The summed E-state index contributed by atoms with van der Waals surface area (Å²) in [5, 5.41) is 0.580. The third-order valence-corrected chi connectivity index (χ3v) is 4.25. The van der Waals surface area contributed by atoms with Gasteiger partial charge in [0.25, 0.3) is 11.8 Å². The second-order valence-corrected chi connectivity index (χ2v) is 5.86. The second-order valence-electron chi connectivity index (χ2n) is 5.86. The number of carbonyl (C=O) groups excluding carboxylic acids is 3. The van der Waals surface area contributed by atoms with Gasteiger partial charge in [0.2, 0.25) is 5.95 Å². The lowest BCUT2D eigenvalue weighted by atomic mass is 9.97. The zero-order valence-electron chi connectivity index (χ0n) is 14.5. The van der Waals surface area contributed by atoms with Crippen LogP contribution in [0.25, 0.3) is 0 Å². The van der Waals surface area contributed by atoms with Gasteiger partial charge >= 0.3 is 18.0 Å². The number of nitrogens with zero attached hydrogens (tertiary/aromatic N) is 5. The minimum Gasteiger partial charge on any atom is -0.467 e. The highest BCUT2D eigenvalue weighted by Gasteiger charge is 2.36. The van der Waals surface area contributed by atoms with Gasteiger partial charge in [0.1, 0.15) is 0 Å². The van der Waals surface area contributed by atoms with Crippen LogP contribution in [0.4, 0.5) is 5.95 Å². The number of carbonyl (C=O) groups is 3. The summed E-state index contributed by atoms with van der Waals surface area (Å²) in [6.07, 6.45) is 1.11. The second kappa shape index (κ2) is 7.50. The van der Waals surface area contributed by atoms with Crippen LogP contribution in [-0.2, 0) is 19.2 Å². The first-order chi connectivity index (χ1) is 12.5. The maximum Gasteiger partial charge on any atom is 0.336 e. The predicted octanol–water partition coefficient (Wildman–Crippen LogP) is -0.288. The van der Waals surface area contributed by atoms with Gasteiger partial charge < -0.3 is 19.2 Å². The van der Waals surface area contributed by atoms with E-state index in [2.05, 4.69) is 15.0 Å². The van der Waals surface area contributed by atoms with Crippen molar-refractivity contribution in [2.75, 3.05) is 32.2 Å². The van der Waals surface area contributed by atoms with E-state index < -0.39 is 23.7 Å². The van der Waals surface area contributed by atoms with E-state index in [-0.39, 0.29) is 24.9 Å². The Morgan fingerprint density at radius 2 is 1.50 bits per heavy atom. The van der Waals surface area contributed by atoms with Gasteiger partial charge in [-0.05, 0) is 12.8 Å². The monoisotopic (exact) mass is 365 g/mol. The maximum atomic E-state index is 12.2. The number of piperidine rings is 1. The lowest BCUT2D eigenvalue weighted by Gasteiger charge is -2.31. The molecular formula is C15H19N5O6. The molecule has 140 valence electrons. The van der Waals surface area contributed by atoms with Crippen molar-refractivity contribution in [1.29, 1.82) is 0 Å². The molecule has 3 heterocycles. The van der Waals surface area contributed by atoms with Crippen molar-refractivity contribution < 1.29 is 28.7 Å². The molecule has 0 bridgehead atoms. The van der Waals surface area contributed by atoms with Crippen molar-refractivity contribution >= 4 is 23.7 Å².